The van der Waals surface area contributed by atoms with Crippen LogP contribution in [0.5, 0.6) is 0 Å². The van der Waals surface area contributed by atoms with E-state index in [1.165, 1.54) is 0 Å². The normalized spacial score (nSPS) is 22.4. The largest absolute Gasteiger partial charge is 0.373 e. The Hall–Kier alpha value is -1.44. The summed E-state index contributed by atoms with van der Waals surface area (Å²) in [5.74, 6) is 1.85. The van der Waals surface area contributed by atoms with Crippen molar-refractivity contribution >= 4 is 11.8 Å². The summed E-state index contributed by atoms with van der Waals surface area (Å²) in [5, 5.41) is 9.55. The standard InChI is InChI=1S/C16H23N5OS/c1-12-10-21(11-13(2)22-12)7-8-23-16-19-18-15(20(16)3)14-5-4-6-17-9-14/h4-6,9,12-13H,7-8,10-11H2,1-3H3/t12-,13-/m0/s1. The van der Waals surface area contributed by atoms with Crippen LogP contribution >= 0.6 is 11.8 Å². The fraction of sp³-hybridized carbons (Fsp3) is 0.562. The maximum absolute atomic E-state index is 5.77. The van der Waals surface area contributed by atoms with E-state index < -0.39 is 0 Å². The van der Waals surface area contributed by atoms with Crippen molar-refractivity contribution in [2.75, 3.05) is 25.4 Å². The molecule has 3 rings (SSSR count). The van der Waals surface area contributed by atoms with Crippen molar-refractivity contribution in [2.45, 2.75) is 31.2 Å². The minimum Gasteiger partial charge on any atom is -0.373 e. The van der Waals surface area contributed by atoms with E-state index in [9.17, 15) is 0 Å². The van der Waals surface area contributed by atoms with Crippen LogP contribution < -0.4 is 0 Å². The third-order valence-corrected chi connectivity index (χ3v) is 4.89. The molecule has 0 amide bonds. The predicted octanol–water partition coefficient (Wildman–Crippen LogP) is 2.08. The van der Waals surface area contributed by atoms with E-state index in [4.69, 9.17) is 4.74 Å². The highest BCUT2D eigenvalue weighted by Gasteiger charge is 2.21. The van der Waals surface area contributed by atoms with E-state index >= 15 is 0 Å². The molecule has 0 bridgehead atoms. The second-order valence-corrected chi connectivity index (χ2v) is 7.03. The van der Waals surface area contributed by atoms with E-state index in [0.29, 0.717) is 12.2 Å². The van der Waals surface area contributed by atoms with E-state index in [0.717, 1.165) is 41.9 Å². The van der Waals surface area contributed by atoms with E-state index in [2.05, 4.69) is 33.9 Å². The van der Waals surface area contributed by atoms with Crippen LogP contribution in [0, 0.1) is 0 Å². The van der Waals surface area contributed by atoms with Gasteiger partial charge in [0.05, 0.1) is 12.2 Å². The molecule has 3 heterocycles. The van der Waals surface area contributed by atoms with Crippen LogP contribution in [-0.4, -0.2) is 62.2 Å². The molecule has 124 valence electrons. The number of thioether (sulfide) groups is 1. The number of nitrogens with zero attached hydrogens (tertiary/aromatic N) is 5. The van der Waals surface area contributed by atoms with Gasteiger partial charge in [-0.15, -0.1) is 10.2 Å². The molecule has 2 aromatic heterocycles. The number of ether oxygens (including phenoxy) is 1. The lowest BCUT2D eigenvalue weighted by atomic mass is 10.2. The zero-order chi connectivity index (χ0) is 16.2. The number of morpholine rings is 1. The van der Waals surface area contributed by atoms with Crippen molar-refractivity contribution in [1.29, 1.82) is 0 Å². The summed E-state index contributed by atoms with van der Waals surface area (Å²) in [6.07, 6.45) is 4.21. The highest BCUT2D eigenvalue weighted by atomic mass is 32.2. The van der Waals surface area contributed by atoms with Gasteiger partial charge in [0.1, 0.15) is 0 Å². The Kier molecular flexibility index (Phi) is 5.30. The molecular formula is C16H23N5OS. The van der Waals surface area contributed by atoms with Crippen molar-refractivity contribution in [3.05, 3.63) is 24.5 Å². The topological polar surface area (TPSA) is 56.1 Å². The number of pyridine rings is 1. The molecule has 6 nitrogen and oxygen atoms in total. The van der Waals surface area contributed by atoms with Gasteiger partial charge in [-0.05, 0) is 26.0 Å². The average molecular weight is 333 g/mol. The molecule has 7 heteroatoms. The molecule has 23 heavy (non-hydrogen) atoms. The van der Waals surface area contributed by atoms with Gasteiger partial charge in [-0.25, -0.2) is 0 Å². The quantitative estimate of drug-likeness (QED) is 0.781. The first kappa shape index (κ1) is 16.4. The van der Waals surface area contributed by atoms with Crippen molar-refractivity contribution < 1.29 is 4.74 Å². The van der Waals surface area contributed by atoms with Crippen LogP contribution in [0.3, 0.4) is 0 Å². The van der Waals surface area contributed by atoms with E-state index in [-0.39, 0.29) is 0 Å². The van der Waals surface area contributed by atoms with Crippen molar-refractivity contribution in [3.8, 4) is 11.4 Å². The zero-order valence-electron chi connectivity index (χ0n) is 13.8. The Bertz CT molecular complexity index is 623. The minimum absolute atomic E-state index is 0.316. The van der Waals surface area contributed by atoms with Crippen LogP contribution in [0.4, 0.5) is 0 Å². The highest BCUT2D eigenvalue weighted by Crippen LogP contribution is 2.22. The molecular weight excluding hydrogens is 310 g/mol. The SMILES string of the molecule is C[C@H]1CN(CCSc2nnc(-c3cccnc3)n2C)C[C@H](C)O1. The molecule has 2 atom stereocenters. The predicted molar refractivity (Wildman–Crippen MR) is 91.4 cm³/mol. The second kappa shape index (κ2) is 7.42. The van der Waals surface area contributed by atoms with Gasteiger partial charge in [-0.2, -0.15) is 0 Å². The Morgan fingerprint density at radius 2 is 2.04 bits per heavy atom. The maximum Gasteiger partial charge on any atom is 0.191 e. The van der Waals surface area contributed by atoms with Gasteiger partial charge < -0.3 is 9.30 Å². The number of hydrogen-bond donors (Lipinski definition) is 0. The lowest BCUT2D eigenvalue weighted by Crippen LogP contribution is -2.46. The van der Waals surface area contributed by atoms with Crippen molar-refractivity contribution in [3.63, 3.8) is 0 Å². The van der Waals surface area contributed by atoms with E-state index in [1.807, 2.05) is 29.9 Å². The summed E-state index contributed by atoms with van der Waals surface area (Å²) < 4.78 is 7.81. The van der Waals surface area contributed by atoms with Gasteiger partial charge in [-0.3, -0.25) is 9.88 Å². The first-order chi connectivity index (χ1) is 11.1. The van der Waals surface area contributed by atoms with Gasteiger partial charge in [0.25, 0.3) is 0 Å². The first-order valence-corrected chi connectivity index (χ1v) is 8.92. The van der Waals surface area contributed by atoms with Gasteiger partial charge in [0.15, 0.2) is 11.0 Å². The fourth-order valence-electron chi connectivity index (χ4n) is 2.92. The number of rotatable bonds is 5. The van der Waals surface area contributed by atoms with Crippen molar-refractivity contribution in [2.24, 2.45) is 7.05 Å². The van der Waals surface area contributed by atoms with Crippen LogP contribution in [0.15, 0.2) is 29.7 Å². The summed E-state index contributed by atoms with van der Waals surface area (Å²) in [4.78, 5) is 6.61. The molecule has 0 spiro atoms. The molecule has 0 aromatic carbocycles. The number of hydrogen-bond acceptors (Lipinski definition) is 6. The molecule has 2 aromatic rings. The summed E-state index contributed by atoms with van der Waals surface area (Å²) in [5.41, 5.74) is 0.991. The molecule has 1 aliphatic heterocycles. The third kappa shape index (κ3) is 4.10. The van der Waals surface area contributed by atoms with Gasteiger partial charge in [-0.1, -0.05) is 11.8 Å². The smallest absolute Gasteiger partial charge is 0.191 e. The molecule has 1 aliphatic rings. The van der Waals surface area contributed by atoms with Crippen LogP contribution in [0.2, 0.25) is 0 Å². The number of aromatic nitrogens is 4. The molecule has 0 saturated carbocycles. The van der Waals surface area contributed by atoms with Gasteiger partial charge >= 0.3 is 0 Å². The highest BCUT2D eigenvalue weighted by molar-refractivity contribution is 7.99. The van der Waals surface area contributed by atoms with Crippen LogP contribution in [0.1, 0.15) is 13.8 Å². The summed E-state index contributed by atoms with van der Waals surface area (Å²) in [6.45, 7) is 7.32. The zero-order valence-corrected chi connectivity index (χ0v) is 14.7. The molecule has 0 radical (unpaired) electrons. The summed E-state index contributed by atoms with van der Waals surface area (Å²) in [7, 11) is 2.00. The lowest BCUT2D eigenvalue weighted by molar-refractivity contribution is -0.0661. The lowest BCUT2D eigenvalue weighted by Gasteiger charge is -2.35. The average Bonchev–Trinajstić information content (AvgIpc) is 2.88. The molecule has 0 unspecified atom stereocenters. The van der Waals surface area contributed by atoms with Crippen molar-refractivity contribution in [1.82, 2.24) is 24.6 Å². The minimum atomic E-state index is 0.316. The molecule has 1 saturated heterocycles. The Labute approximate surface area is 141 Å². The molecule has 0 aliphatic carbocycles. The third-order valence-electron chi connectivity index (χ3n) is 3.89. The van der Waals surface area contributed by atoms with Gasteiger partial charge in [0.2, 0.25) is 0 Å². The second-order valence-electron chi connectivity index (χ2n) is 5.97. The summed E-state index contributed by atoms with van der Waals surface area (Å²) >= 11 is 1.75. The fourth-order valence-corrected chi connectivity index (χ4v) is 3.83. The van der Waals surface area contributed by atoms with Gasteiger partial charge in [0, 0.05) is 50.4 Å². The van der Waals surface area contributed by atoms with Crippen LogP contribution in [0.25, 0.3) is 11.4 Å². The molecule has 0 N–H and O–H groups in total. The Morgan fingerprint density at radius 1 is 1.26 bits per heavy atom. The Morgan fingerprint density at radius 3 is 2.74 bits per heavy atom. The summed E-state index contributed by atoms with van der Waals surface area (Å²) in [6, 6.07) is 3.92. The molecule has 1 fully saturated rings. The maximum atomic E-state index is 5.77. The first-order valence-electron chi connectivity index (χ1n) is 7.94. The van der Waals surface area contributed by atoms with Crippen LogP contribution in [-0.2, 0) is 11.8 Å². The van der Waals surface area contributed by atoms with E-state index in [1.54, 1.807) is 18.0 Å². The monoisotopic (exact) mass is 333 g/mol. The Balaban J connectivity index is 1.56.